The lowest BCUT2D eigenvalue weighted by atomic mass is 9.92. The Morgan fingerprint density at radius 2 is 2.00 bits per heavy atom. The molecule has 3 rings (SSSR count). The van der Waals surface area contributed by atoms with Crippen LogP contribution in [0.15, 0.2) is 28.2 Å². The number of piperidine rings is 1. The van der Waals surface area contributed by atoms with Crippen LogP contribution in [0.2, 0.25) is 5.02 Å². The van der Waals surface area contributed by atoms with Gasteiger partial charge in [0.05, 0.1) is 22.8 Å². The summed E-state index contributed by atoms with van der Waals surface area (Å²) in [6, 6.07) is 5.11. The van der Waals surface area contributed by atoms with Crippen molar-refractivity contribution in [3.05, 3.63) is 33.6 Å². The van der Waals surface area contributed by atoms with Gasteiger partial charge in [-0.3, -0.25) is 14.2 Å². The number of thioether (sulfide) groups is 1. The minimum Gasteiger partial charge on any atom is -0.379 e. The first kappa shape index (κ1) is 24.1. The standard InChI is InChI=1S/C23H32ClN3O3S/c1-15(2)30-9-5-8-27-22(29)19-7-6-18(24)11-20(19)25-23(27)31-14-21(28)26-12-16(3)10-17(4)13-26/h6-7,11,15-17H,5,8-10,12-14H2,1-4H3. The Kier molecular flexibility index (Phi) is 8.42. The van der Waals surface area contributed by atoms with Crippen molar-refractivity contribution in [3.8, 4) is 0 Å². The Bertz CT molecular complexity index is 968. The first-order chi connectivity index (χ1) is 14.7. The zero-order valence-electron chi connectivity index (χ0n) is 18.8. The molecule has 0 radical (unpaired) electrons. The molecule has 1 aliphatic heterocycles. The average molecular weight is 466 g/mol. The number of nitrogens with zero attached hydrogens (tertiary/aromatic N) is 3. The van der Waals surface area contributed by atoms with Crippen molar-refractivity contribution in [2.75, 3.05) is 25.4 Å². The fourth-order valence-corrected chi connectivity index (χ4v) is 5.20. The largest absolute Gasteiger partial charge is 0.379 e. The van der Waals surface area contributed by atoms with Crippen molar-refractivity contribution in [2.45, 2.75) is 58.3 Å². The average Bonchev–Trinajstić information content (AvgIpc) is 2.69. The van der Waals surface area contributed by atoms with Crippen molar-refractivity contribution in [1.82, 2.24) is 14.5 Å². The van der Waals surface area contributed by atoms with Crippen molar-refractivity contribution < 1.29 is 9.53 Å². The predicted octanol–water partition coefficient (Wildman–Crippen LogP) is 4.46. The van der Waals surface area contributed by atoms with E-state index in [1.165, 1.54) is 11.8 Å². The van der Waals surface area contributed by atoms with Crippen molar-refractivity contribution in [2.24, 2.45) is 11.8 Å². The Morgan fingerprint density at radius 1 is 1.29 bits per heavy atom. The number of aromatic nitrogens is 2. The molecule has 2 atom stereocenters. The van der Waals surface area contributed by atoms with Gasteiger partial charge in [0.15, 0.2) is 5.16 Å². The lowest BCUT2D eigenvalue weighted by molar-refractivity contribution is -0.130. The van der Waals surface area contributed by atoms with Gasteiger partial charge in [-0.25, -0.2) is 4.98 Å². The minimum atomic E-state index is -0.110. The number of rotatable bonds is 8. The van der Waals surface area contributed by atoms with Crippen molar-refractivity contribution >= 4 is 40.2 Å². The van der Waals surface area contributed by atoms with E-state index in [1.54, 1.807) is 22.8 Å². The smallest absolute Gasteiger partial charge is 0.262 e. The summed E-state index contributed by atoms with van der Waals surface area (Å²) >= 11 is 7.45. The van der Waals surface area contributed by atoms with Gasteiger partial charge in [-0.2, -0.15) is 0 Å². The highest BCUT2D eigenvalue weighted by Crippen LogP contribution is 2.24. The van der Waals surface area contributed by atoms with E-state index in [2.05, 4.69) is 18.8 Å². The van der Waals surface area contributed by atoms with Gasteiger partial charge < -0.3 is 9.64 Å². The van der Waals surface area contributed by atoms with E-state index < -0.39 is 0 Å². The molecule has 0 aliphatic carbocycles. The van der Waals surface area contributed by atoms with Gasteiger partial charge in [-0.15, -0.1) is 0 Å². The molecule has 0 spiro atoms. The normalized spacial score (nSPS) is 19.4. The SMILES string of the molecule is CC1CC(C)CN(C(=O)CSc2nc3cc(Cl)ccc3c(=O)n2CCCOC(C)C)C1. The Balaban J connectivity index is 1.80. The van der Waals surface area contributed by atoms with Gasteiger partial charge in [0.25, 0.3) is 5.56 Å². The van der Waals surface area contributed by atoms with Crippen LogP contribution in [-0.4, -0.2) is 51.9 Å². The highest BCUT2D eigenvalue weighted by Gasteiger charge is 2.25. The van der Waals surface area contributed by atoms with Crippen LogP contribution in [0, 0.1) is 11.8 Å². The molecule has 1 fully saturated rings. The lowest BCUT2D eigenvalue weighted by Crippen LogP contribution is -2.43. The number of carbonyl (C=O) groups excluding carboxylic acids is 1. The van der Waals surface area contributed by atoms with Crippen LogP contribution in [0.5, 0.6) is 0 Å². The third kappa shape index (κ3) is 6.46. The Labute approximate surface area is 193 Å². The van der Waals surface area contributed by atoms with E-state index in [9.17, 15) is 9.59 Å². The molecule has 2 aromatic rings. The van der Waals surface area contributed by atoms with Gasteiger partial charge in [0.1, 0.15) is 0 Å². The topological polar surface area (TPSA) is 64.4 Å². The molecule has 170 valence electrons. The number of hydrogen-bond acceptors (Lipinski definition) is 5. The summed E-state index contributed by atoms with van der Waals surface area (Å²) in [5.41, 5.74) is 0.448. The van der Waals surface area contributed by atoms with E-state index >= 15 is 0 Å². The monoisotopic (exact) mass is 465 g/mol. The molecule has 1 aromatic carbocycles. The van der Waals surface area contributed by atoms with Gasteiger partial charge in [-0.1, -0.05) is 37.2 Å². The fraction of sp³-hybridized carbons (Fsp3) is 0.609. The molecular formula is C23H32ClN3O3S. The Hall–Kier alpha value is -1.57. The van der Waals surface area contributed by atoms with Crippen molar-refractivity contribution in [1.29, 1.82) is 0 Å². The maximum Gasteiger partial charge on any atom is 0.262 e. The van der Waals surface area contributed by atoms with Gasteiger partial charge in [0.2, 0.25) is 5.91 Å². The third-order valence-corrected chi connectivity index (χ3v) is 6.60. The number of ether oxygens (including phenoxy) is 1. The number of fused-ring (bicyclic) bond motifs is 1. The maximum absolute atomic E-state index is 13.2. The summed E-state index contributed by atoms with van der Waals surface area (Å²) in [5, 5.41) is 1.62. The summed E-state index contributed by atoms with van der Waals surface area (Å²) in [4.78, 5) is 32.6. The molecule has 0 N–H and O–H groups in total. The van der Waals surface area contributed by atoms with Gasteiger partial charge in [-0.05, 0) is 56.7 Å². The summed E-state index contributed by atoms with van der Waals surface area (Å²) < 4.78 is 7.29. The molecule has 2 unspecified atom stereocenters. The molecule has 8 heteroatoms. The van der Waals surface area contributed by atoms with E-state index in [0.29, 0.717) is 52.5 Å². The number of carbonyl (C=O) groups is 1. The van der Waals surface area contributed by atoms with Crippen LogP contribution in [0.1, 0.15) is 40.5 Å². The van der Waals surface area contributed by atoms with Crippen molar-refractivity contribution in [3.63, 3.8) is 0 Å². The summed E-state index contributed by atoms with van der Waals surface area (Å²) in [6.45, 7) is 11.0. The number of halogens is 1. The number of amides is 1. The van der Waals surface area contributed by atoms with Crippen LogP contribution in [0.3, 0.4) is 0 Å². The first-order valence-corrected chi connectivity index (χ1v) is 12.3. The number of hydrogen-bond donors (Lipinski definition) is 0. The summed E-state index contributed by atoms with van der Waals surface area (Å²) in [5.74, 6) is 1.38. The molecule has 2 heterocycles. The quantitative estimate of drug-likeness (QED) is 0.327. The molecule has 1 aliphatic rings. The van der Waals surface area contributed by atoms with Gasteiger partial charge >= 0.3 is 0 Å². The maximum atomic E-state index is 13.2. The number of likely N-dealkylation sites (tertiary alicyclic amines) is 1. The molecule has 31 heavy (non-hydrogen) atoms. The second-order valence-corrected chi connectivity index (χ2v) is 10.2. The van der Waals surface area contributed by atoms with Crippen LogP contribution in [0.25, 0.3) is 10.9 Å². The molecule has 1 amide bonds. The Morgan fingerprint density at radius 3 is 2.68 bits per heavy atom. The summed E-state index contributed by atoms with van der Waals surface area (Å²) in [7, 11) is 0. The molecule has 1 saturated heterocycles. The predicted molar refractivity (Wildman–Crippen MR) is 127 cm³/mol. The molecule has 0 saturated carbocycles. The molecule has 6 nitrogen and oxygen atoms in total. The highest BCUT2D eigenvalue weighted by molar-refractivity contribution is 7.99. The second kappa shape index (κ2) is 10.8. The third-order valence-electron chi connectivity index (χ3n) is 5.41. The van der Waals surface area contributed by atoms with Crippen LogP contribution in [0.4, 0.5) is 0 Å². The van der Waals surface area contributed by atoms with E-state index in [-0.39, 0.29) is 23.3 Å². The molecule has 0 bridgehead atoms. The lowest BCUT2D eigenvalue weighted by Gasteiger charge is -2.35. The second-order valence-electron chi connectivity index (χ2n) is 8.82. The zero-order valence-corrected chi connectivity index (χ0v) is 20.3. The van der Waals surface area contributed by atoms with E-state index in [1.807, 2.05) is 18.7 Å². The fourth-order valence-electron chi connectivity index (χ4n) is 4.11. The highest BCUT2D eigenvalue weighted by atomic mass is 35.5. The first-order valence-electron chi connectivity index (χ1n) is 11.0. The molecule has 1 aromatic heterocycles. The zero-order chi connectivity index (χ0) is 22.5. The van der Waals surface area contributed by atoms with E-state index in [4.69, 9.17) is 16.3 Å². The van der Waals surface area contributed by atoms with Crippen LogP contribution in [-0.2, 0) is 16.1 Å². The number of benzene rings is 1. The van der Waals surface area contributed by atoms with Gasteiger partial charge in [0, 0.05) is 31.3 Å². The van der Waals surface area contributed by atoms with Crippen LogP contribution >= 0.6 is 23.4 Å². The van der Waals surface area contributed by atoms with E-state index in [0.717, 1.165) is 19.5 Å². The minimum absolute atomic E-state index is 0.0959. The van der Waals surface area contributed by atoms with Crippen LogP contribution < -0.4 is 5.56 Å². The summed E-state index contributed by atoms with van der Waals surface area (Å²) in [6.07, 6.45) is 2.00. The molecular weight excluding hydrogens is 434 g/mol.